The van der Waals surface area contributed by atoms with Gasteiger partial charge in [0.2, 0.25) is 0 Å². The van der Waals surface area contributed by atoms with Crippen molar-refractivity contribution in [2.75, 3.05) is 0 Å². The molecule has 22 heavy (non-hydrogen) atoms. The van der Waals surface area contributed by atoms with Crippen LogP contribution in [0.15, 0.2) is 29.2 Å². The average molecular weight is 325 g/mol. The standard InChI is InChI=1S/C13H9N3O4S.Na/c1-7-4-12(17)16-11-5-8(21(18,19)20)2-3-10(11)15-13(16)9(7)6-14;/h2-5,17H,1H3,(H,18,19,20);/q;+1/p-1. The molecule has 0 saturated carbocycles. The van der Waals surface area contributed by atoms with Crippen molar-refractivity contribution in [3.05, 3.63) is 35.4 Å². The molecule has 0 radical (unpaired) electrons. The number of fused-ring (bicyclic) bond motifs is 3. The van der Waals surface area contributed by atoms with E-state index >= 15 is 0 Å². The third-order valence-corrected chi connectivity index (χ3v) is 4.06. The second-order valence-electron chi connectivity index (χ2n) is 4.55. The number of pyridine rings is 1. The van der Waals surface area contributed by atoms with Gasteiger partial charge >= 0.3 is 29.6 Å². The molecule has 0 atom stereocenters. The van der Waals surface area contributed by atoms with Crippen LogP contribution < -0.4 is 34.7 Å². The van der Waals surface area contributed by atoms with Gasteiger partial charge in [-0.2, -0.15) is 13.7 Å². The van der Waals surface area contributed by atoms with Crippen LogP contribution in [0.2, 0.25) is 0 Å². The Labute approximate surface area is 147 Å². The van der Waals surface area contributed by atoms with E-state index in [-0.39, 0.29) is 51.2 Å². The SMILES string of the molecule is Cc1cc([O-])n2c(nc3ccc(S(=O)(=O)O)cc32)c1C#N.[Na+]. The summed E-state index contributed by atoms with van der Waals surface area (Å²) in [6.45, 7) is 1.63. The second kappa shape index (κ2) is 5.53. The molecule has 0 aliphatic carbocycles. The molecule has 9 heteroatoms. The Balaban J connectivity index is 0.00000176. The van der Waals surface area contributed by atoms with Crippen LogP contribution in [-0.2, 0) is 10.1 Å². The number of nitrogens with zero attached hydrogens (tertiary/aromatic N) is 3. The van der Waals surface area contributed by atoms with Crippen molar-refractivity contribution < 1.29 is 47.6 Å². The largest absolute Gasteiger partial charge is 1.00 e. The van der Waals surface area contributed by atoms with Crippen LogP contribution in [0.5, 0.6) is 5.88 Å². The molecule has 0 amide bonds. The van der Waals surface area contributed by atoms with E-state index in [1.54, 1.807) is 6.92 Å². The smallest absolute Gasteiger partial charge is 0.860 e. The Kier molecular flexibility index (Phi) is 4.21. The Morgan fingerprint density at radius 1 is 1.36 bits per heavy atom. The summed E-state index contributed by atoms with van der Waals surface area (Å²) in [5.74, 6) is -0.420. The summed E-state index contributed by atoms with van der Waals surface area (Å²) in [7, 11) is -4.39. The quantitative estimate of drug-likeness (QED) is 0.408. The second-order valence-corrected chi connectivity index (χ2v) is 5.97. The van der Waals surface area contributed by atoms with Crippen LogP contribution in [0.4, 0.5) is 0 Å². The number of aryl methyl sites for hydroxylation is 1. The summed E-state index contributed by atoms with van der Waals surface area (Å²) in [4.78, 5) is 3.86. The normalized spacial score (nSPS) is 11.3. The van der Waals surface area contributed by atoms with Crippen molar-refractivity contribution in [2.24, 2.45) is 0 Å². The summed E-state index contributed by atoms with van der Waals surface area (Å²) in [5, 5.41) is 21.3. The minimum absolute atomic E-state index is 0. The average Bonchev–Trinajstić information content (AvgIpc) is 2.76. The molecule has 2 aromatic heterocycles. The van der Waals surface area contributed by atoms with Gasteiger partial charge in [0.15, 0.2) is 5.65 Å². The van der Waals surface area contributed by atoms with E-state index in [4.69, 9.17) is 4.55 Å². The fourth-order valence-corrected chi connectivity index (χ4v) is 2.74. The summed E-state index contributed by atoms with van der Waals surface area (Å²) in [6, 6.07) is 6.99. The van der Waals surface area contributed by atoms with Crippen molar-refractivity contribution >= 4 is 26.8 Å². The van der Waals surface area contributed by atoms with Gasteiger partial charge in [-0.15, -0.1) is 0 Å². The number of imidazole rings is 1. The number of rotatable bonds is 1. The molecule has 0 spiro atoms. The van der Waals surface area contributed by atoms with Crippen LogP contribution in [0.1, 0.15) is 11.1 Å². The van der Waals surface area contributed by atoms with E-state index < -0.39 is 16.0 Å². The fourth-order valence-electron chi connectivity index (χ4n) is 2.24. The van der Waals surface area contributed by atoms with E-state index in [0.29, 0.717) is 11.1 Å². The summed E-state index contributed by atoms with van der Waals surface area (Å²) < 4.78 is 32.6. The molecule has 0 bridgehead atoms. The first-order valence-corrected chi connectivity index (χ1v) is 7.27. The first kappa shape index (κ1) is 16.7. The molecule has 7 nitrogen and oxygen atoms in total. The monoisotopic (exact) mass is 325 g/mol. The van der Waals surface area contributed by atoms with E-state index in [1.165, 1.54) is 18.2 Å². The minimum atomic E-state index is -4.39. The van der Waals surface area contributed by atoms with Gasteiger partial charge in [-0.1, -0.05) is 0 Å². The van der Waals surface area contributed by atoms with E-state index in [1.807, 2.05) is 6.07 Å². The topological polar surface area (TPSA) is 119 Å². The van der Waals surface area contributed by atoms with E-state index in [9.17, 15) is 18.8 Å². The van der Waals surface area contributed by atoms with Gasteiger partial charge in [-0.3, -0.25) is 4.55 Å². The first-order chi connectivity index (χ1) is 9.82. The molecule has 3 aromatic rings. The van der Waals surface area contributed by atoms with Gasteiger partial charge in [-0.05, 0) is 42.6 Å². The zero-order chi connectivity index (χ0) is 15.4. The maximum absolute atomic E-state index is 12.1. The van der Waals surface area contributed by atoms with Gasteiger partial charge in [0, 0.05) is 0 Å². The Bertz CT molecular complexity index is 1050. The molecule has 1 N–H and O–H groups in total. The van der Waals surface area contributed by atoms with Crippen molar-refractivity contribution in [1.82, 2.24) is 9.38 Å². The van der Waals surface area contributed by atoms with Crippen molar-refractivity contribution in [1.29, 1.82) is 5.26 Å². The number of hydrogen-bond acceptors (Lipinski definition) is 5. The Morgan fingerprint density at radius 2 is 2.05 bits per heavy atom. The van der Waals surface area contributed by atoms with Gasteiger partial charge < -0.3 is 9.51 Å². The molecule has 0 aliphatic heterocycles. The zero-order valence-electron chi connectivity index (χ0n) is 11.7. The van der Waals surface area contributed by atoms with Gasteiger partial charge in [0.1, 0.15) is 6.07 Å². The molecule has 106 valence electrons. The summed E-state index contributed by atoms with van der Waals surface area (Å²) >= 11 is 0. The molecule has 0 fully saturated rings. The number of hydrogen-bond donors (Lipinski definition) is 1. The molecule has 1 aromatic carbocycles. The predicted molar refractivity (Wildman–Crippen MR) is 71.4 cm³/mol. The molecular weight excluding hydrogens is 317 g/mol. The zero-order valence-corrected chi connectivity index (χ0v) is 14.5. The van der Waals surface area contributed by atoms with Crippen LogP contribution >= 0.6 is 0 Å². The molecule has 0 unspecified atom stereocenters. The Hall–Kier alpha value is -1.63. The molecule has 0 aliphatic rings. The maximum Gasteiger partial charge on any atom is 1.00 e. The molecule has 3 rings (SSSR count). The summed E-state index contributed by atoms with van der Waals surface area (Å²) in [6.07, 6.45) is 0. The summed E-state index contributed by atoms with van der Waals surface area (Å²) in [5.41, 5.74) is 1.51. The number of aromatic nitrogens is 2. The van der Waals surface area contributed by atoms with Crippen LogP contribution in [0.25, 0.3) is 16.7 Å². The molecule has 0 saturated heterocycles. The van der Waals surface area contributed by atoms with E-state index in [0.717, 1.165) is 10.5 Å². The third kappa shape index (κ3) is 2.47. The Morgan fingerprint density at radius 3 is 2.64 bits per heavy atom. The molecular formula is C13H8N3NaO4S. The first-order valence-electron chi connectivity index (χ1n) is 5.83. The number of benzene rings is 1. The fraction of sp³-hybridized carbons (Fsp3) is 0.0769. The minimum Gasteiger partial charge on any atom is -0.860 e. The van der Waals surface area contributed by atoms with Crippen molar-refractivity contribution in [3.8, 4) is 11.9 Å². The van der Waals surface area contributed by atoms with Crippen LogP contribution in [0, 0.1) is 18.3 Å². The number of nitriles is 1. The van der Waals surface area contributed by atoms with Crippen molar-refractivity contribution in [2.45, 2.75) is 11.8 Å². The maximum atomic E-state index is 12.1. The molecule has 2 heterocycles. The van der Waals surface area contributed by atoms with Gasteiger partial charge in [0.25, 0.3) is 10.1 Å². The predicted octanol–water partition coefficient (Wildman–Crippen LogP) is -2.01. The van der Waals surface area contributed by atoms with Gasteiger partial charge in [0.05, 0.1) is 21.5 Å². The third-order valence-electron chi connectivity index (χ3n) is 3.21. The van der Waals surface area contributed by atoms with Crippen LogP contribution in [0.3, 0.4) is 0 Å². The van der Waals surface area contributed by atoms with E-state index in [2.05, 4.69) is 4.98 Å². The van der Waals surface area contributed by atoms with Gasteiger partial charge in [-0.25, -0.2) is 4.98 Å². The van der Waals surface area contributed by atoms with Crippen LogP contribution in [-0.4, -0.2) is 22.4 Å². The van der Waals surface area contributed by atoms with Crippen molar-refractivity contribution in [3.63, 3.8) is 0 Å².